The van der Waals surface area contributed by atoms with Crippen molar-refractivity contribution in [2.24, 2.45) is 0 Å². The predicted octanol–water partition coefficient (Wildman–Crippen LogP) is 4.85. The van der Waals surface area contributed by atoms with Crippen LogP contribution in [0.4, 0.5) is 5.69 Å². The summed E-state index contributed by atoms with van der Waals surface area (Å²) in [6.07, 6.45) is 0. The lowest BCUT2D eigenvalue weighted by molar-refractivity contribution is 0.0971. The second-order valence-electron chi connectivity index (χ2n) is 7.00. The molecule has 0 radical (unpaired) electrons. The minimum atomic E-state index is -0.522. The Hall–Kier alpha value is -3.66. The fourth-order valence-corrected chi connectivity index (χ4v) is 3.91. The number of fused-ring (bicyclic) bond motifs is 2. The first-order chi connectivity index (χ1) is 13.6. The van der Waals surface area contributed by atoms with Gasteiger partial charge in [0.2, 0.25) is 5.76 Å². The van der Waals surface area contributed by atoms with Crippen LogP contribution in [0.3, 0.4) is 0 Å². The summed E-state index contributed by atoms with van der Waals surface area (Å²) < 4.78 is 5.94. The molecule has 4 aromatic rings. The summed E-state index contributed by atoms with van der Waals surface area (Å²) in [4.78, 5) is 28.4. The van der Waals surface area contributed by atoms with E-state index < -0.39 is 6.04 Å². The Bertz CT molecular complexity index is 1270. The average molecular weight is 367 g/mol. The maximum absolute atomic E-state index is 13.4. The summed E-state index contributed by atoms with van der Waals surface area (Å²) in [5.41, 5.74) is 3.33. The average Bonchev–Trinajstić information content (AvgIpc) is 3.02. The number of carbonyl (C=O) groups excluding carboxylic acids is 1. The highest BCUT2D eigenvalue weighted by Crippen LogP contribution is 2.41. The van der Waals surface area contributed by atoms with E-state index in [2.05, 4.69) is 0 Å². The molecule has 5 rings (SSSR count). The van der Waals surface area contributed by atoms with Gasteiger partial charge in [-0.3, -0.25) is 14.5 Å². The third-order valence-electron chi connectivity index (χ3n) is 5.17. The normalized spacial score (nSPS) is 15.8. The molecule has 4 heteroatoms. The molecule has 3 aromatic carbocycles. The Labute approximate surface area is 161 Å². The second kappa shape index (κ2) is 6.20. The minimum absolute atomic E-state index is 0.124. The van der Waals surface area contributed by atoms with Crippen molar-refractivity contribution in [1.29, 1.82) is 0 Å². The molecule has 1 aromatic heterocycles. The third-order valence-corrected chi connectivity index (χ3v) is 5.17. The van der Waals surface area contributed by atoms with Crippen LogP contribution in [0.25, 0.3) is 11.0 Å². The van der Waals surface area contributed by atoms with Crippen LogP contribution in [0.1, 0.15) is 33.3 Å². The van der Waals surface area contributed by atoms with Gasteiger partial charge in [0.25, 0.3) is 5.91 Å². The van der Waals surface area contributed by atoms with Gasteiger partial charge < -0.3 is 4.42 Å². The van der Waals surface area contributed by atoms with Crippen LogP contribution in [0.5, 0.6) is 0 Å². The summed E-state index contributed by atoms with van der Waals surface area (Å²) in [7, 11) is 0. The molecule has 28 heavy (non-hydrogen) atoms. The van der Waals surface area contributed by atoms with Gasteiger partial charge in [0, 0.05) is 5.69 Å². The van der Waals surface area contributed by atoms with Gasteiger partial charge in [-0.25, -0.2) is 0 Å². The van der Waals surface area contributed by atoms with Crippen LogP contribution >= 0.6 is 0 Å². The number of hydrogen-bond acceptors (Lipinski definition) is 3. The van der Waals surface area contributed by atoms with E-state index >= 15 is 0 Å². The number of rotatable bonds is 2. The molecule has 0 saturated heterocycles. The van der Waals surface area contributed by atoms with E-state index in [0.717, 1.165) is 16.8 Å². The van der Waals surface area contributed by atoms with Crippen LogP contribution in [0, 0.1) is 6.92 Å². The molecule has 0 N–H and O–H groups in total. The van der Waals surface area contributed by atoms with Gasteiger partial charge in [-0.05, 0) is 42.3 Å². The topological polar surface area (TPSA) is 50.5 Å². The Balaban J connectivity index is 1.83. The van der Waals surface area contributed by atoms with Crippen molar-refractivity contribution in [2.75, 3.05) is 4.90 Å². The Morgan fingerprint density at radius 3 is 2.39 bits per heavy atom. The zero-order valence-corrected chi connectivity index (χ0v) is 15.3. The lowest BCUT2D eigenvalue weighted by atomic mass is 9.98. The highest BCUT2D eigenvalue weighted by Gasteiger charge is 2.43. The number of amides is 1. The molecular formula is C24H17NO3. The minimum Gasteiger partial charge on any atom is -0.450 e. The van der Waals surface area contributed by atoms with E-state index in [1.165, 1.54) is 0 Å². The van der Waals surface area contributed by atoms with Crippen molar-refractivity contribution < 1.29 is 9.21 Å². The van der Waals surface area contributed by atoms with Gasteiger partial charge in [-0.1, -0.05) is 54.6 Å². The molecular weight excluding hydrogens is 350 g/mol. The van der Waals surface area contributed by atoms with E-state index in [0.29, 0.717) is 16.5 Å². The molecule has 1 amide bonds. The Morgan fingerprint density at radius 1 is 0.857 bits per heavy atom. The van der Waals surface area contributed by atoms with E-state index in [1.54, 1.807) is 29.2 Å². The van der Waals surface area contributed by atoms with Crippen LogP contribution < -0.4 is 10.3 Å². The largest absolute Gasteiger partial charge is 0.450 e. The zero-order chi connectivity index (χ0) is 19.3. The highest BCUT2D eigenvalue weighted by molar-refractivity contribution is 6.10. The first-order valence-electron chi connectivity index (χ1n) is 9.16. The molecule has 1 aliphatic rings. The number of carbonyl (C=O) groups is 1. The van der Waals surface area contributed by atoms with Crippen LogP contribution in [-0.4, -0.2) is 5.91 Å². The molecule has 0 spiro atoms. The highest BCUT2D eigenvalue weighted by atomic mass is 16.3. The fourth-order valence-electron chi connectivity index (χ4n) is 3.91. The number of aryl methyl sites for hydroxylation is 1. The monoisotopic (exact) mass is 367 g/mol. The standard InChI is InChI=1S/C24H17NO3/c1-15-8-7-11-17(14-15)25-21(16-9-3-2-4-10-16)20-22(26)18-12-5-6-13-19(18)28-23(20)24(25)27/h2-14,21H,1H3. The first kappa shape index (κ1) is 16.5. The van der Waals surface area contributed by atoms with Gasteiger partial charge in [0.05, 0.1) is 17.0 Å². The van der Waals surface area contributed by atoms with Gasteiger partial charge >= 0.3 is 0 Å². The first-order valence-corrected chi connectivity index (χ1v) is 9.16. The van der Waals surface area contributed by atoms with Crippen molar-refractivity contribution in [3.8, 4) is 0 Å². The molecule has 4 nitrogen and oxygen atoms in total. The number of hydrogen-bond donors (Lipinski definition) is 0. The van der Waals surface area contributed by atoms with Crippen LogP contribution in [0.2, 0.25) is 0 Å². The lowest BCUT2D eigenvalue weighted by Crippen LogP contribution is -2.29. The summed E-state index contributed by atoms with van der Waals surface area (Å²) in [5, 5.41) is 0.487. The zero-order valence-electron chi connectivity index (χ0n) is 15.3. The maximum Gasteiger partial charge on any atom is 0.295 e. The van der Waals surface area contributed by atoms with Crippen molar-refractivity contribution in [3.63, 3.8) is 0 Å². The number of anilines is 1. The third kappa shape index (κ3) is 2.38. The molecule has 0 saturated carbocycles. The molecule has 0 fully saturated rings. The van der Waals surface area contributed by atoms with E-state index in [9.17, 15) is 9.59 Å². The molecule has 136 valence electrons. The Morgan fingerprint density at radius 2 is 1.61 bits per heavy atom. The molecule has 0 aliphatic carbocycles. The van der Waals surface area contributed by atoms with E-state index in [-0.39, 0.29) is 17.1 Å². The smallest absolute Gasteiger partial charge is 0.295 e. The predicted molar refractivity (Wildman–Crippen MR) is 109 cm³/mol. The van der Waals surface area contributed by atoms with Gasteiger partial charge in [0.1, 0.15) is 5.58 Å². The summed E-state index contributed by atoms with van der Waals surface area (Å²) in [6, 6.07) is 23.9. The van der Waals surface area contributed by atoms with Crippen molar-refractivity contribution in [2.45, 2.75) is 13.0 Å². The quantitative estimate of drug-likeness (QED) is 0.509. The van der Waals surface area contributed by atoms with Crippen LogP contribution in [0.15, 0.2) is 88.1 Å². The Kier molecular flexibility index (Phi) is 3.66. The molecule has 2 heterocycles. The summed E-state index contributed by atoms with van der Waals surface area (Å²) in [5.74, 6) is -0.170. The van der Waals surface area contributed by atoms with Gasteiger partial charge in [-0.2, -0.15) is 0 Å². The number of nitrogens with zero attached hydrogens (tertiary/aromatic N) is 1. The number of para-hydroxylation sites is 1. The van der Waals surface area contributed by atoms with E-state index in [4.69, 9.17) is 4.42 Å². The lowest BCUT2D eigenvalue weighted by Gasteiger charge is -2.25. The molecule has 1 atom stereocenters. The SMILES string of the molecule is Cc1cccc(N2C(=O)c3oc4ccccc4c(=O)c3C2c2ccccc2)c1. The maximum atomic E-state index is 13.4. The summed E-state index contributed by atoms with van der Waals surface area (Å²) in [6.45, 7) is 1.98. The van der Waals surface area contributed by atoms with Gasteiger partial charge in [-0.15, -0.1) is 0 Å². The summed E-state index contributed by atoms with van der Waals surface area (Å²) >= 11 is 0. The fraction of sp³-hybridized carbons (Fsp3) is 0.0833. The number of benzene rings is 3. The van der Waals surface area contributed by atoms with Gasteiger partial charge in [0.15, 0.2) is 5.43 Å². The molecule has 1 aliphatic heterocycles. The van der Waals surface area contributed by atoms with Crippen molar-refractivity contribution in [1.82, 2.24) is 0 Å². The van der Waals surface area contributed by atoms with E-state index in [1.807, 2.05) is 61.5 Å². The molecule has 0 bridgehead atoms. The van der Waals surface area contributed by atoms with Crippen LogP contribution in [-0.2, 0) is 0 Å². The molecule has 1 unspecified atom stereocenters. The van der Waals surface area contributed by atoms with Crippen molar-refractivity contribution in [3.05, 3.63) is 112 Å². The second-order valence-corrected chi connectivity index (χ2v) is 7.00. The van der Waals surface area contributed by atoms with Crippen molar-refractivity contribution >= 4 is 22.6 Å².